The summed E-state index contributed by atoms with van der Waals surface area (Å²) in [5, 5.41) is 15.0. The number of anilines is 1. The average molecular weight is 478 g/mol. The molecule has 1 aliphatic heterocycles. The van der Waals surface area contributed by atoms with Crippen LogP contribution in [0, 0.1) is 12.7 Å². The maximum atomic E-state index is 13.4. The largest absolute Gasteiger partial charge is 0.490 e. The van der Waals surface area contributed by atoms with E-state index in [0.29, 0.717) is 27.6 Å². The first-order valence-electron chi connectivity index (χ1n) is 10.2. The van der Waals surface area contributed by atoms with E-state index in [1.165, 1.54) is 42.5 Å². The summed E-state index contributed by atoms with van der Waals surface area (Å²) in [4.78, 5) is 27.3. The van der Waals surface area contributed by atoms with Gasteiger partial charge in [0.15, 0.2) is 0 Å². The van der Waals surface area contributed by atoms with Crippen molar-refractivity contribution >= 4 is 29.2 Å². The van der Waals surface area contributed by atoms with Crippen molar-refractivity contribution in [3.05, 3.63) is 70.1 Å². The second kappa shape index (κ2) is 11.1. The number of carbonyl (C=O) groups is 2. The van der Waals surface area contributed by atoms with Crippen LogP contribution in [0.2, 0.25) is 5.02 Å². The Bertz CT molecular complexity index is 1050. The highest BCUT2D eigenvalue weighted by Gasteiger charge is 2.32. The van der Waals surface area contributed by atoms with Gasteiger partial charge in [0.25, 0.3) is 5.91 Å². The Kier molecular flexibility index (Phi) is 8.26. The molecule has 1 atom stereocenters. The lowest BCUT2D eigenvalue weighted by Crippen LogP contribution is -2.46. The SMILES string of the molecule is COCCN1C=C(C(=O)Nc2cc(OCCO)c(Cl)cc2C)C(c2ccc(F)cc2)NC1=O. The number of ether oxygens (including phenoxy) is 2. The van der Waals surface area contributed by atoms with E-state index in [1.54, 1.807) is 19.1 Å². The number of benzene rings is 2. The summed E-state index contributed by atoms with van der Waals surface area (Å²) in [6.45, 7) is 2.16. The Hall–Kier alpha value is -3.14. The highest BCUT2D eigenvalue weighted by Crippen LogP contribution is 2.33. The van der Waals surface area contributed by atoms with Crippen LogP contribution in [0.25, 0.3) is 0 Å². The van der Waals surface area contributed by atoms with Gasteiger partial charge in [-0.25, -0.2) is 9.18 Å². The number of urea groups is 1. The lowest BCUT2D eigenvalue weighted by Gasteiger charge is -2.32. The van der Waals surface area contributed by atoms with E-state index >= 15 is 0 Å². The second-order valence-electron chi connectivity index (χ2n) is 7.33. The van der Waals surface area contributed by atoms with Crippen molar-refractivity contribution in [3.63, 3.8) is 0 Å². The molecular weight excluding hydrogens is 453 g/mol. The van der Waals surface area contributed by atoms with E-state index in [0.717, 1.165) is 0 Å². The summed E-state index contributed by atoms with van der Waals surface area (Å²) < 4.78 is 23.9. The molecule has 8 nitrogen and oxygen atoms in total. The van der Waals surface area contributed by atoms with Crippen molar-refractivity contribution in [1.82, 2.24) is 10.2 Å². The normalized spacial score (nSPS) is 15.7. The van der Waals surface area contributed by atoms with Crippen molar-refractivity contribution in [2.24, 2.45) is 0 Å². The van der Waals surface area contributed by atoms with Gasteiger partial charge in [-0.2, -0.15) is 0 Å². The summed E-state index contributed by atoms with van der Waals surface area (Å²) in [5.74, 6) is -0.579. The van der Waals surface area contributed by atoms with Gasteiger partial charge in [-0.15, -0.1) is 0 Å². The Balaban J connectivity index is 1.93. The van der Waals surface area contributed by atoms with Crippen LogP contribution in [-0.2, 0) is 9.53 Å². The predicted molar refractivity (Wildman–Crippen MR) is 122 cm³/mol. The van der Waals surface area contributed by atoms with Gasteiger partial charge < -0.3 is 25.2 Å². The molecule has 176 valence electrons. The van der Waals surface area contributed by atoms with E-state index in [-0.39, 0.29) is 31.9 Å². The number of aliphatic hydroxyl groups is 1. The molecule has 0 bridgehead atoms. The van der Waals surface area contributed by atoms with Crippen LogP contribution in [0.3, 0.4) is 0 Å². The standard InChI is InChI=1S/C23H25ClFN3O5/c1-14-11-18(24)20(33-10-8-29)12-19(14)26-22(30)17-13-28(7-9-32-2)23(31)27-21(17)15-3-5-16(25)6-4-15/h3-6,11-13,21,29H,7-10H2,1-2H3,(H,26,30)(H,27,31). The highest BCUT2D eigenvalue weighted by molar-refractivity contribution is 6.32. The molecule has 1 unspecified atom stereocenters. The van der Waals surface area contributed by atoms with E-state index in [9.17, 15) is 14.0 Å². The van der Waals surface area contributed by atoms with Crippen LogP contribution in [0.5, 0.6) is 5.75 Å². The number of halogens is 2. The molecule has 0 radical (unpaired) electrons. The number of hydrogen-bond donors (Lipinski definition) is 3. The average Bonchev–Trinajstić information content (AvgIpc) is 2.79. The molecule has 0 saturated carbocycles. The molecule has 0 saturated heterocycles. The minimum absolute atomic E-state index is 0.0501. The second-order valence-corrected chi connectivity index (χ2v) is 7.74. The molecular formula is C23H25ClFN3O5. The zero-order valence-electron chi connectivity index (χ0n) is 18.2. The summed E-state index contributed by atoms with van der Waals surface area (Å²) in [6, 6.07) is 7.59. The molecule has 0 spiro atoms. The Morgan fingerprint density at radius 3 is 2.67 bits per heavy atom. The third kappa shape index (κ3) is 6.01. The monoisotopic (exact) mass is 477 g/mol. The minimum atomic E-state index is -0.783. The Labute approximate surface area is 195 Å². The first-order valence-corrected chi connectivity index (χ1v) is 10.6. The van der Waals surface area contributed by atoms with Crippen molar-refractivity contribution in [1.29, 1.82) is 0 Å². The van der Waals surface area contributed by atoms with E-state index in [2.05, 4.69) is 10.6 Å². The van der Waals surface area contributed by atoms with Crippen LogP contribution in [0.1, 0.15) is 17.2 Å². The fraction of sp³-hybridized carbons (Fsp3) is 0.304. The van der Waals surface area contributed by atoms with E-state index in [4.69, 9.17) is 26.2 Å². The maximum Gasteiger partial charge on any atom is 0.322 e. The van der Waals surface area contributed by atoms with Gasteiger partial charge in [0, 0.05) is 25.1 Å². The molecule has 3 N–H and O–H groups in total. The number of aryl methyl sites for hydroxylation is 1. The molecule has 2 aromatic rings. The highest BCUT2D eigenvalue weighted by atomic mass is 35.5. The van der Waals surface area contributed by atoms with Gasteiger partial charge >= 0.3 is 6.03 Å². The van der Waals surface area contributed by atoms with Crippen LogP contribution in [0.4, 0.5) is 14.9 Å². The smallest absolute Gasteiger partial charge is 0.322 e. The Morgan fingerprint density at radius 1 is 1.27 bits per heavy atom. The predicted octanol–water partition coefficient (Wildman–Crippen LogP) is 3.39. The van der Waals surface area contributed by atoms with Crippen LogP contribution >= 0.6 is 11.6 Å². The quantitative estimate of drug-likeness (QED) is 0.514. The zero-order chi connectivity index (χ0) is 24.0. The molecule has 3 rings (SSSR count). The number of rotatable bonds is 9. The van der Waals surface area contributed by atoms with Crippen LogP contribution < -0.4 is 15.4 Å². The van der Waals surface area contributed by atoms with E-state index < -0.39 is 23.8 Å². The summed E-state index contributed by atoms with van der Waals surface area (Å²) in [6.07, 6.45) is 1.47. The molecule has 3 amide bonds. The number of methoxy groups -OCH3 is 1. The number of nitrogens with one attached hydrogen (secondary N) is 2. The lowest BCUT2D eigenvalue weighted by molar-refractivity contribution is -0.113. The Morgan fingerprint density at radius 2 is 2.00 bits per heavy atom. The fourth-order valence-corrected chi connectivity index (χ4v) is 3.57. The van der Waals surface area contributed by atoms with E-state index in [1.807, 2.05) is 0 Å². The number of nitrogens with zero attached hydrogens (tertiary/aromatic N) is 1. The van der Waals surface area contributed by atoms with Gasteiger partial charge in [0.05, 0.1) is 36.4 Å². The number of hydrogen-bond acceptors (Lipinski definition) is 5. The van der Waals surface area contributed by atoms with Crippen LogP contribution in [-0.4, -0.2) is 55.4 Å². The van der Waals surface area contributed by atoms with Gasteiger partial charge in [-0.3, -0.25) is 9.69 Å². The maximum absolute atomic E-state index is 13.4. The van der Waals surface area contributed by atoms with Gasteiger partial charge in [-0.1, -0.05) is 23.7 Å². The molecule has 0 fully saturated rings. The molecule has 33 heavy (non-hydrogen) atoms. The van der Waals surface area contributed by atoms with Crippen LogP contribution in [0.15, 0.2) is 48.2 Å². The molecule has 2 aromatic carbocycles. The number of aliphatic hydroxyl groups excluding tert-OH is 1. The molecule has 1 heterocycles. The number of amides is 3. The van der Waals surface area contributed by atoms with Gasteiger partial charge in [0.1, 0.15) is 18.2 Å². The minimum Gasteiger partial charge on any atom is -0.490 e. The number of carbonyl (C=O) groups excluding carboxylic acids is 2. The third-order valence-corrected chi connectivity index (χ3v) is 5.31. The zero-order valence-corrected chi connectivity index (χ0v) is 19.0. The lowest BCUT2D eigenvalue weighted by atomic mass is 9.96. The summed E-state index contributed by atoms with van der Waals surface area (Å²) >= 11 is 6.19. The summed E-state index contributed by atoms with van der Waals surface area (Å²) in [7, 11) is 1.51. The molecule has 1 aliphatic rings. The third-order valence-electron chi connectivity index (χ3n) is 5.01. The molecule has 10 heteroatoms. The van der Waals surface area contributed by atoms with Crippen molar-refractivity contribution < 1.29 is 28.6 Å². The topological polar surface area (TPSA) is 100 Å². The summed E-state index contributed by atoms with van der Waals surface area (Å²) in [5.41, 5.74) is 1.96. The van der Waals surface area contributed by atoms with Gasteiger partial charge in [0.2, 0.25) is 0 Å². The molecule has 0 aromatic heterocycles. The first-order chi connectivity index (χ1) is 15.8. The fourth-order valence-electron chi connectivity index (χ4n) is 3.30. The molecule has 0 aliphatic carbocycles. The van der Waals surface area contributed by atoms with Crippen molar-refractivity contribution in [2.45, 2.75) is 13.0 Å². The van der Waals surface area contributed by atoms with Gasteiger partial charge in [-0.05, 0) is 36.2 Å². The van der Waals surface area contributed by atoms with Crippen molar-refractivity contribution in [3.8, 4) is 5.75 Å². The first kappa shape index (κ1) is 24.5. The van der Waals surface area contributed by atoms with Crippen molar-refractivity contribution in [2.75, 3.05) is 38.8 Å².